The van der Waals surface area contributed by atoms with Crippen molar-refractivity contribution in [1.82, 2.24) is 5.32 Å². The van der Waals surface area contributed by atoms with Crippen LogP contribution in [0.5, 0.6) is 5.75 Å². The highest BCUT2D eigenvalue weighted by Gasteiger charge is 2.07. The molecular weight excluding hydrogens is 228 g/mol. The summed E-state index contributed by atoms with van der Waals surface area (Å²) in [5, 5.41) is 12.1. The Balaban J connectivity index is 2.69. The first-order valence-electron chi connectivity index (χ1n) is 6.32. The molecule has 0 heterocycles. The summed E-state index contributed by atoms with van der Waals surface area (Å²) in [4.78, 5) is 0. The van der Waals surface area contributed by atoms with Crippen LogP contribution in [0.2, 0.25) is 0 Å². The maximum absolute atomic E-state index is 8.86. The van der Waals surface area contributed by atoms with Gasteiger partial charge in [0.1, 0.15) is 5.75 Å². The number of methoxy groups -OCH3 is 1. The van der Waals surface area contributed by atoms with E-state index in [-0.39, 0.29) is 12.6 Å². The first-order chi connectivity index (χ1) is 8.58. The van der Waals surface area contributed by atoms with Gasteiger partial charge in [-0.2, -0.15) is 0 Å². The van der Waals surface area contributed by atoms with Crippen LogP contribution in [0.3, 0.4) is 0 Å². The molecule has 0 bridgehead atoms. The van der Waals surface area contributed by atoms with E-state index in [0.717, 1.165) is 11.3 Å². The Hall–Kier alpha value is -1.10. The number of aliphatic hydroxyl groups is 1. The highest BCUT2D eigenvalue weighted by molar-refractivity contribution is 5.38. The fraction of sp³-hybridized carbons (Fsp3) is 0.571. The molecule has 1 unspecified atom stereocenters. The number of nitrogens with one attached hydrogen (secondary N) is 1. The summed E-state index contributed by atoms with van der Waals surface area (Å²) in [6, 6.07) is 6.02. The van der Waals surface area contributed by atoms with E-state index in [2.05, 4.69) is 31.3 Å². The normalized spacial score (nSPS) is 12.8. The quantitative estimate of drug-likeness (QED) is 0.683. The summed E-state index contributed by atoms with van der Waals surface area (Å²) in [6.07, 6.45) is 0. The summed E-state index contributed by atoms with van der Waals surface area (Å²) in [6.45, 7) is 5.61. The fourth-order valence-corrected chi connectivity index (χ4v) is 1.75. The van der Waals surface area contributed by atoms with Crippen LogP contribution in [0, 0.1) is 0 Å². The predicted octanol–water partition coefficient (Wildman–Crippen LogP) is 1.23. The maximum atomic E-state index is 8.86. The van der Waals surface area contributed by atoms with Crippen molar-refractivity contribution in [1.29, 1.82) is 0 Å². The molecule has 1 aromatic rings. The van der Waals surface area contributed by atoms with Gasteiger partial charge in [-0.05, 0) is 17.5 Å². The smallest absolute Gasteiger partial charge is 0.123 e. The van der Waals surface area contributed by atoms with Crippen molar-refractivity contribution in [3.05, 3.63) is 29.3 Å². The first-order valence-corrected chi connectivity index (χ1v) is 6.32. The van der Waals surface area contributed by atoms with Crippen molar-refractivity contribution >= 4 is 0 Å². The van der Waals surface area contributed by atoms with Gasteiger partial charge < -0.3 is 20.9 Å². The molecule has 4 heteroatoms. The van der Waals surface area contributed by atoms with Crippen molar-refractivity contribution in [2.45, 2.75) is 32.4 Å². The maximum Gasteiger partial charge on any atom is 0.123 e. The molecule has 0 aliphatic heterocycles. The van der Waals surface area contributed by atoms with Crippen LogP contribution >= 0.6 is 0 Å². The molecule has 1 rings (SSSR count). The summed E-state index contributed by atoms with van der Waals surface area (Å²) in [5.74, 6) is 1.37. The van der Waals surface area contributed by atoms with Gasteiger partial charge in [0.15, 0.2) is 0 Å². The van der Waals surface area contributed by atoms with E-state index >= 15 is 0 Å². The van der Waals surface area contributed by atoms with Crippen LogP contribution in [0.15, 0.2) is 18.2 Å². The highest BCUT2D eigenvalue weighted by atomic mass is 16.5. The van der Waals surface area contributed by atoms with Gasteiger partial charge in [-0.25, -0.2) is 0 Å². The third-order valence-electron chi connectivity index (χ3n) is 2.93. The van der Waals surface area contributed by atoms with Gasteiger partial charge in [0.05, 0.1) is 13.7 Å². The monoisotopic (exact) mass is 252 g/mol. The number of benzene rings is 1. The average Bonchev–Trinajstić information content (AvgIpc) is 2.38. The second-order valence-electron chi connectivity index (χ2n) is 4.80. The van der Waals surface area contributed by atoms with Crippen LogP contribution in [0.4, 0.5) is 0 Å². The lowest BCUT2D eigenvalue weighted by molar-refractivity contribution is 0.262. The molecule has 4 N–H and O–H groups in total. The zero-order valence-electron chi connectivity index (χ0n) is 11.4. The van der Waals surface area contributed by atoms with Crippen LogP contribution in [-0.4, -0.2) is 31.4 Å². The molecule has 1 atom stereocenters. The Morgan fingerprint density at radius 3 is 2.67 bits per heavy atom. The van der Waals surface area contributed by atoms with E-state index in [1.807, 2.05) is 6.07 Å². The second-order valence-corrected chi connectivity index (χ2v) is 4.80. The van der Waals surface area contributed by atoms with Gasteiger partial charge in [0.25, 0.3) is 0 Å². The third kappa shape index (κ3) is 4.29. The SMILES string of the molecule is COc1ccc(C(C)C)cc1CNCC(N)CO. The molecule has 18 heavy (non-hydrogen) atoms. The standard InChI is InChI=1S/C14H24N2O2/c1-10(2)11-4-5-14(18-3)12(6-11)7-16-8-13(15)9-17/h4-6,10,13,16-17H,7-9,15H2,1-3H3. The third-order valence-corrected chi connectivity index (χ3v) is 2.93. The molecule has 0 aliphatic carbocycles. The molecule has 0 aliphatic rings. The van der Waals surface area contributed by atoms with Crippen molar-refractivity contribution in [2.75, 3.05) is 20.3 Å². The molecular formula is C14H24N2O2. The molecule has 0 spiro atoms. The molecule has 0 radical (unpaired) electrons. The van der Waals surface area contributed by atoms with Crippen LogP contribution in [0.25, 0.3) is 0 Å². The van der Waals surface area contributed by atoms with Crippen LogP contribution < -0.4 is 15.8 Å². The van der Waals surface area contributed by atoms with Crippen molar-refractivity contribution < 1.29 is 9.84 Å². The number of nitrogens with two attached hydrogens (primary N) is 1. The number of rotatable bonds is 7. The van der Waals surface area contributed by atoms with Gasteiger partial charge in [0.2, 0.25) is 0 Å². The van der Waals surface area contributed by atoms with E-state index < -0.39 is 0 Å². The van der Waals surface area contributed by atoms with E-state index in [9.17, 15) is 0 Å². The number of hydrogen-bond acceptors (Lipinski definition) is 4. The summed E-state index contributed by atoms with van der Waals surface area (Å²) < 4.78 is 5.34. The number of hydrogen-bond donors (Lipinski definition) is 3. The predicted molar refractivity (Wildman–Crippen MR) is 73.9 cm³/mol. The van der Waals surface area contributed by atoms with E-state index in [1.165, 1.54) is 5.56 Å². The van der Waals surface area contributed by atoms with E-state index in [1.54, 1.807) is 7.11 Å². The molecule has 0 amide bonds. The Labute approximate surface area is 109 Å². The lowest BCUT2D eigenvalue weighted by Gasteiger charge is -2.14. The van der Waals surface area contributed by atoms with Crippen LogP contribution in [-0.2, 0) is 6.54 Å². The second kappa shape index (κ2) is 7.36. The number of ether oxygens (including phenoxy) is 1. The largest absolute Gasteiger partial charge is 0.496 e. The first kappa shape index (κ1) is 15.0. The van der Waals surface area contributed by atoms with E-state index in [4.69, 9.17) is 15.6 Å². The minimum atomic E-state index is -0.218. The topological polar surface area (TPSA) is 67.5 Å². The Bertz CT molecular complexity index is 367. The zero-order chi connectivity index (χ0) is 13.5. The molecule has 0 saturated heterocycles. The van der Waals surface area contributed by atoms with Gasteiger partial charge >= 0.3 is 0 Å². The van der Waals surface area contributed by atoms with E-state index in [0.29, 0.717) is 19.0 Å². The van der Waals surface area contributed by atoms with Crippen LogP contribution in [0.1, 0.15) is 30.9 Å². The summed E-state index contributed by atoms with van der Waals surface area (Å²) >= 11 is 0. The van der Waals surface area contributed by atoms with Crippen molar-refractivity contribution in [3.8, 4) is 5.75 Å². The van der Waals surface area contributed by atoms with Crippen molar-refractivity contribution in [2.24, 2.45) is 5.73 Å². The minimum absolute atomic E-state index is 0.00380. The average molecular weight is 252 g/mol. The Morgan fingerprint density at radius 1 is 1.39 bits per heavy atom. The molecule has 102 valence electrons. The van der Waals surface area contributed by atoms with Gasteiger partial charge in [-0.1, -0.05) is 26.0 Å². The Kier molecular flexibility index (Phi) is 6.12. The van der Waals surface area contributed by atoms with Gasteiger partial charge in [-0.3, -0.25) is 0 Å². The molecule has 0 saturated carbocycles. The lowest BCUT2D eigenvalue weighted by atomic mass is 10.00. The lowest BCUT2D eigenvalue weighted by Crippen LogP contribution is -2.36. The van der Waals surface area contributed by atoms with Gasteiger partial charge in [-0.15, -0.1) is 0 Å². The van der Waals surface area contributed by atoms with Gasteiger partial charge in [0, 0.05) is 24.7 Å². The molecule has 0 fully saturated rings. The minimum Gasteiger partial charge on any atom is -0.496 e. The molecule has 1 aromatic carbocycles. The van der Waals surface area contributed by atoms with Crippen molar-refractivity contribution in [3.63, 3.8) is 0 Å². The zero-order valence-corrected chi connectivity index (χ0v) is 11.4. The molecule has 0 aromatic heterocycles. The fourth-order valence-electron chi connectivity index (χ4n) is 1.75. The Morgan fingerprint density at radius 2 is 2.11 bits per heavy atom. The summed E-state index contributed by atoms with van der Waals surface area (Å²) in [5.41, 5.74) is 8.05. The highest BCUT2D eigenvalue weighted by Crippen LogP contribution is 2.23. The summed E-state index contributed by atoms with van der Waals surface area (Å²) in [7, 11) is 1.67. The number of aliphatic hydroxyl groups excluding tert-OH is 1. The molecule has 4 nitrogen and oxygen atoms in total.